The molecular weight excluding hydrogens is 292 g/mol. The van der Waals surface area contributed by atoms with Gasteiger partial charge in [0.2, 0.25) is 0 Å². The van der Waals surface area contributed by atoms with Crippen LogP contribution in [0.1, 0.15) is 90.4 Å². The molecule has 22 heavy (non-hydrogen) atoms. The van der Waals surface area contributed by atoms with Gasteiger partial charge in [-0.1, -0.05) is 70.4 Å². The first-order valence-corrected chi connectivity index (χ1v) is 9.86. The van der Waals surface area contributed by atoms with Gasteiger partial charge < -0.3 is 4.74 Å². The fraction of sp³-hybridized carbons (Fsp3) is 0.842. The van der Waals surface area contributed by atoms with E-state index in [4.69, 9.17) is 4.74 Å². The minimum absolute atomic E-state index is 0.0676. The quantitative estimate of drug-likeness (QED) is 0.160. The summed E-state index contributed by atoms with van der Waals surface area (Å²) in [6.45, 7) is 2.66. The SMILES string of the molecule is CCC/C=C/CCCCCCCCCCCC(=O)OCCS. The van der Waals surface area contributed by atoms with Crippen molar-refractivity contribution in [1.82, 2.24) is 0 Å². The number of unbranched alkanes of at least 4 members (excludes halogenated alkanes) is 10. The molecule has 0 rings (SSSR count). The number of ether oxygens (including phenoxy) is 1. The average molecular weight is 329 g/mol. The van der Waals surface area contributed by atoms with Crippen molar-refractivity contribution in [2.75, 3.05) is 12.4 Å². The lowest BCUT2D eigenvalue weighted by Crippen LogP contribution is -2.06. The summed E-state index contributed by atoms with van der Waals surface area (Å²) in [5.41, 5.74) is 0. The fourth-order valence-corrected chi connectivity index (χ4v) is 2.49. The van der Waals surface area contributed by atoms with Gasteiger partial charge in [0.1, 0.15) is 6.61 Å². The molecule has 0 saturated carbocycles. The fourth-order valence-electron chi connectivity index (χ4n) is 2.40. The lowest BCUT2D eigenvalue weighted by Gasteiger charge is -2.03. The normalized spacial score (nSPS) is 11.2. The third-order valence-corrected chi connectivity index (χ3v) is 3.91. The van der Waals surface area contributed by atoms with E-state index in [-0.39, 0.29) is 5.97 Å². The van der Waals surface area contributed by atoms with Gasteiger partial charge in [-0.15, -0.1) is 0 Å². The number of carbonyl (C=O) groups is 1. The van der Waals surface area contributed by atoms with Crippen LogP contribution < -0.4 is 0 Å². The second kappa shape index (κ2) is 18.6. The second-order valence-corrected chi connectivity index (χ2v) is 6.37. The molecule has 0 aliphatic carbocycles. The van der Waals surface area contributed by atoms with Crippen LogP contribution in [-0.4, -0.2) is 18.3 Å². The van der Waals surface area contributed by atoms with E-state index >= 15 is 0 Å². The molecule has 0 spiro atoms. The molecule has 0 aromatic rings. The zero-order chi connectivity index (χ0) is 16.3. The maximum absolute atomic E-state index is 11.3. The summed E-state index contributed by atoms with van der Waals surface area (Å²) in [7, 11) is 0. The van der Waals surface area contributed by atoms with Crippen molar-refractivity contribution in [3.8, 4) is 0 Å². The molecule has 3 heteroatoms. The molecule has 0 amide bonds. The van der Waals surface area contributed by atoms with Gasteiger partial charge in [-0.05, 0) is 25.7 Å². The highest BCUT2D eigenvalue weighted by molar-refractivity contribution is 7.80. The molecule has 0 aromatic carbocycles. The lowest BCUT2D eigenvalue weighted by molar-refractivity contribution is -0.143. The number of allylic oxidation sites excluding steroid dienone is 2. The van der Waals surface area contributed by atoms with Crippen LogP contribution in [0.25, 0.3) is 0 Å². The number of hydrogen-bond acceptors (Lipinski definition) is 3. The maximum atomic E-state index is 11.3. The molecule has 0 aliphatic rings. The van der Waals surface area contributed by atoms with Crippen LogP contribution in [0.15, 0.2) is 12.2 Å². The smallest absolute Gasteiger partial charge is 0.305 e. The Labute approximate surface area is 143 Å². The molecule has 0 bridgehead atoms. The van der Waals surface area contributed by atoms with Crippen molar-refractivity contribution in [1.29, 1.82) is 0 Å². The minimum Gasteiger partial charge on any atom is -0.465 e. The molecule has 0 fully saturated rings. The summed E-state index contributed by atoms with van der Waals surface area (Å²) in [5.74, 6) is 0.544. The Bertz CT molecular complexity index is 264. The zero-order valence-corrected chi connectivity index (χ0v) is 15.4. The van der Waals surface area contributed by atoms with Crippen molar-refractivity contribution >= 4 is 18.6 Å². The molecular formula is C19H36O2S. The third-order valence-electron chi connectivity index (χ3n) is 3.73. The monoisotopic (exact) mass is 328 g/mol. The summed E-state index contributed by atoms with van der Waals surface area (Å²) in [6, 6.07) is 0. The van der Waals surface area contributed by atoms with Crippen LogP contribution in [-0.2, 0) is 9.53 Å². The summed E-state index contributed by atoms with van der Waals surface area (Å²) in [6.07, 6.45) is 20.4. The number of hydrogen-bond donors (Lipinski definition) is 1. The molecule has 2 nitrogen and oxygen atoms in total. The lowest BCUT2D eigenvalue weighted by atomic mass is 10.1. The van der Waals surface area contributed by atoms with Crippen molar-refractivity contribution in [3.05, 3.63) is 12.2 Å². The minimum atomic E-state index is -0.0676. The standard InChI is InChI=1S/C19H36O2S/c1-2-3-4-5-6-7-8-9-10-11-12-13-14-15-16-19(20)21-17-18-22/h4-5,22H,2-3,6-18H2,1H3/b5-4+. The highest BCUT2D eigenvalue weighted by Gasteiger charge is 2.01. The van der Waals surface area contributed by atoms with Gasteiger partial charge in [0.05, 0.1) is 0 Å². The summed E-state index contributed by atoms with van der Waals surface area (Å²) in [4.78, 5) is 11.3. The average Bonchev–Trinajstić information content (AvgIpc) is 2.53. The Hall–Kier alpha value is -0.440. The van der Waals surface area contributed by atoms with Crippen LogP contribution >= 0.6 is 12.6 Å². The molecule has 0 aromatic heterocycles. The molecule has 0 unspecified atom stereocenters. The summed E-state index contributed by atoms with van der Waals surface area (Å²) < 4.78 is 4.98. The molecule has 0 saturated heterocycles. The first kappa shape index (κ1) is 21.6. The predicted molar refractivity (Wildman–Crippen MR) is 99.6 cm³/mol. The van der Waals surface area contributed by atoms with Crippen molar-refractivity contribution in [2.45, 2.75) is 90.4 Å². The first-order chi connectivity index (χ1) is 10.8. The summed E-state index contributed by atoms with van der Waals surface area (Å²) in [5, 5.41) is 0. The molecule has 0 atom stereocenters. The van der Waals surface area contributed by atoms with Crippen LogP contribution in [0.5, 0.6) is 0 Å². The second-order valence-electron chi connectivity index (χ2n) is 5.92. The van der Waals surface area contributed by atoms with Crippen molar-refractivity contribution in [2.24, 2.45) is 0 Å². The Morgan fingerprint density at radius 1 is 0.864 bits per heavy atom. The van der Waals surface area contributed by atoms with E-state index in [1.54, 1.807) is 0 Å². The van der Waals surface area contributed by atoms with Gasteiger partial charge in [0.15, 0.2) is 0 Å². The van der Waals surface area contributed by atoms with Crippen molar-refractivity contribution < 1.29 is 9.53 Å². The number of thiol groups is 1. The van der Waals surface area contributed by atoms with Gasteiger partial charge in [-0.2, -0.15) is 12.6 Å². The van der Waals surface area contributed by atoms with Gasteiger partial charge in [-0.3, -0.25) is 4.79 Å². The topological polar surface area (TPSA) is 26.3 Å². The number of esters is 1. The molecule has 0 aliphatic heterocycles. The first-order valence-electron chi connectivity index (χ1n) is 9.22. The number of rotatable bonds is 16. The third kappa shape index (κ3) is 17.6. The highest BCUT2D eigenvalue weighted by Crippen LogP contribution is 2.12. The van der Waals surface area contributed by atoms with Crippen LogP contribution in [0, 0.1) is 0 Å². The maximum Gasteiger partial charge on any atom is 0.305 e. The van der Waals surface area contributed by atoms with E-state index in [1.807, 2.05) is 0 Å². The van der Waals surface area contributed by atoms with E-state index in [0.717, 1.165) is 12.8 Å². The highest BCUT2D eigenvalue weighted by atomic mass is 32.1. The van der Waals surface area contributed by atoms with E-state index in [0.29, 0.717) is 18.8 Å². The molecule has 0 heterocycles. The summed E-state index contributed by atoms with van der Waals surface area (Å²) >= 11 is 4.01. The van der Waals surface area contributed by atoms with Gasteiger partial charge >= 0.3 is 5.97 Å². The Morgan fingerprint density at radius 2 is 1.41 bits per heavy atom. The van der Waals surface area contributed by atoms with Gasteiger partial charge in [-0.25, -0.2) is 0 Å². The van der Waals surface area contributed by atoms with E-state index in [9.17, 15) is 4.79 Å². The predicted octanol–water partition coefficient (Wildman–Crippen LogP) is 6.11. The van der Waals surface area contributed by atoms with E-state index < -0.39 is 0 Å². The van der Waals surface area contributed by atoms with E-state index in [1.165, 1.54) is 64.2 Å². The Morgan fingerprint density at radius 3 is 2.00 bits per heavy atom. The van der Waals surface area contributed by atoms with Crippen LogP contribution in [0.3, 0.4) is 0 Å². The Kier molecular flexibility index (Phi) is 18.2. The van der Waals surface area contributed by atoms with Gasteiger partial charge in [0, 0.05) is 12.2 Å². The Balaban J connectivity index is 3.10. The van der Waals surface area contributed by atoms with Crippen LogP contribution in [0.2, 0.25) is 0 Å². The van der Waals surface area contributed by atoms with Gasteiger partial charge in [0.25, 0.3) is 0 Å². The van der Waals surface area contributed by atoms with Crippen molar-refractivity contribution in [3.63, 3.8) is 0 Å². The largest absolute Gasteiger partial charge is 0.465 e. The van der Waals surface area contributed by atoms with Crippen LogP contribution in [0.4, 0.5) is 0 Å². The van der Waals surface area contributed by atoms with E-state index in [2.05, 4.69) is 31.7 Å². The zero-order valence-electron chi connectivity index (χ0n) is 14.5. The number of carbonyl (C=O) groups excluding carboxylic acids is 1. The molecule has 0 radical (unpaired) electrons. The molecule has 0 N–H and O–H groups in total. The molecule has 130 valence electrons.